The van der Waals surface area contributed by atoms with Crippen LogP contribution in [-0.2, 0) is 16.6 Å². The lowest BCUT2D eigenvalue weighted by atomic mass is 10.1. The number of rotatable bonds is 11. The van der Waals surface area contributed by atoms with Gasteiger partial charge in [0.25, 0.3) is 0 Å². The Morgan fingerprint density at radius 2 is 1.67 bits per heavy atom. The molecule has 1 unspecified atom stereocenters. The molecule has 0 aliphatic carbocycles. The van der Waals surface area contributed by atoms with E-state index in [1.165, 1.54) is 34.9 Å². The Hall–Kier alpha value is -3.89. The molecule has 0 aliphatic rings. The van der Waals surface area contributed by atoms with Gasteiger partial charge < -0.3 is 25.3 Å². The molecule has 5 rings (SSSR count). The third-order valence-corrected chi connectivity index (χ3v) is 8.50. The lowest BCUT2D eigenvalue weighted by Gasteiger charge is -2.20. The maximum absolute atomic E-state index is 13.1. The van der Waals surface area contributed by atoms with Gasteiger partial charge in [-0.05, 0) is 41.5 Å². The number of hydrogen-bond acceptors (Lipinski definition) is 6. The number of ether oxygens (including phenoxy) is 1. The number of phenols is 1. The number of nitrogens with one attached hydrogen (secondary N) is 2. The van der Waals surface area contributed by atoms with Crippen molar-refractivity contribution < 1.29 is 23.4 Å². The summed E-state index contributed by atoms with van der Waals surface area (Å²) < 4.78 is 33.3. The van der Waals surface area contributed by atoms with Crippen LogP contribution in [0.3, 0.4) is 0 Å². The summed E-state index contributed by atoms with van der Waals surface area (Å²) in [5.74, 6) is 0.378. The minimum Gasteiger partial charge on any atom is -0.507 e. The molecule has 0 fully saturated rings. The second-order valence-electron chi connectivity index (χ2n) is 9.42. The SMILES string of the molecule is CN(Cc1ccccc1)S(=O)(=O)c1cc(C(O)CNCCOc2ccc3c(c2)[nH]c2ccccc23)ccc1O. The standard InChI is InChI=1S/C30H31N3O5S/c1-33(20-21-7-3-2-4-8-21)39(36,37)30-17-22(11-14-28(30)34)29(35)19-31-15-16-38-23-12-13-25-24-9-5-6-10-26(24)32-27(25)18-23/h2-14,17-18,29,31-32,34-35H,15-16,19-20H2,1H3. The summed E-state index contributed by atoms with van der Waals surface area (Å²) in [5.41, 5.74) is 3.29. The molecule has 9 heteroatoms. The van der Waals surface area contributed by atoms with Gasteiger partial charge in [-0.25, -0.2) is 8.42 Å². The largest absolute Gasteiger partial charge is 0.507 e. The van der Waals surface area contributed by atoms with Crippen molar-refractivity contribution in [3.63, 3.8) is 0 Å². The molecule has 202 valence electrons. The van der Waals surface area contributed by atoms with Crippen LogP contribution < -0.4 is 10.1 Å². The number of phenolic OH excluding ortho intramolecular Hbond substituents is 1. The third-order valence-electron chi connectivity index (χ3n) is 6.67. The maximum atomic E-state index is 13.1. The van der Waals surface area contributed by atoms with Crippen LogP contribution >= 0.6 is 0 Å². The molecule has 1 aromatic heterocycles. The number of aliphatic hydroxyl groups excluding tert-OH is 1. The van der Waals surface area contributed by atoms with Gasteiger partial charge in [0.05, 0.1) is 11.6 Å². The molecular weight excluding hydrogens is 514 g/mol. The normalized spacial score (nSPS) is 12.8. The zero-order chi connectivity index (χ0) is 27.4. The average Bonchev–Trinajstić information content (AvgIpc) is 3.31. The second-order valence-corrected chi connectivity index (χ2v) is 11.4. The smallest absolute Gasteiger partial charge is 0.246 e. The van der Waals surface area contributed by atoms with E-state index in [2.05, 4.69) is 16.4 Å². The third kappa shape index (κ3) is 5.91. The topological polar surface area (TPSA) is 115 Å². The second kappa shape index (κ2) is 11.5. The molecule has 8 nitrogen and oxygen atoms in total. The average molecular weight is 546 g/mol. The number of para-hydroxylation sites is 1. The van der Waals surface area contributed by atoms with Crippen molar-refractivity contribution >= 4 is 31.8 Å². The lowest BCUT2D eigenvalue weighted by molar-refractivity contribution is 0.171. The first-order chi connectivity index (χ1) is 18.8. The number of hydrogen-bond donors (Lipinski definition) is 4. The van der Waals surface area contributed by atoms with E-state index in [0.29, 0.717) is 18.7 Å². The number of nitrogens with zero attached hydrogens (tertiary/aromatic N) is 1. The van der Waals surface area contributed by atoms with E-state index in [-0.39, 0.29) is 23.7 Å². The van der Waals surface area contributed by atoms with Gasteiger partial charge in [-0.15, -0.1) is 0 Å². The van der Waals surface area contributed by atoms with Crippen LogP contribution in [0.5, 0.6) is 11.5 Å². The highest BCUT2D eigenvalue weighted by Gasteiger charge is 2.25. The molecule has 39 heavy (non-hydrogen) atoms. The highest BCUT2D eigenvalue weighted by molar-refractivity contribution is 7.89. The number of aliphatic hydroxyl groups is 1. The summed E-state index contributed by atoms with van der Waals surface area (Å²) in [5, 5.41) is 26.4. The monoisotopic (exact) mass is 545 g/mol. The first kappa shape index (κ1) is 26.7. The zero-order valence-electron chi connectivity index (χ0n) is 21.5. The van der Waals surface area contributed by atoms with Crippen LogP contribution in [0.2, 0.25) is 0 Å². The Morgan fingerprint density at radius 1 is 0.923 bits per heavy atom. The van der Waals surface area contributed by atoms with Crippen LogP contribution in [0.15, 0.2) is 95.9 Å². The number of H-pyrrole nitrogens is 1. The molecular formula is C30H31N3O5S. The molecule has 0 bridgehead atoms. The van der Waals surface area contributed by atoms with E-state index < -0.39 is 16.1 Å². The number of fused-ring (bicyclic) bond motifs is 3. The maximum Gasteiger partial charge on any atom is 0.246 e. The van der Waals surface area contributed by atoms with Crippen molar-refractivity contribution in [2.75, 3.05) is 26.7 Å². The van der Waals surface area contributed by atoms with E-state index >= 15 is 0 Å². The molecule has 1 heterocycles. The molecule has 1 atom stereocenters. The fourth-order valence-corrected chi connectivity index (χ4v) is 5.83. The van der Waals surface area contributed by atoms with Crippen molar-refractivity contribution in [3.8, 4) is 11.5 Å². The summed E-state index contributed by atoms with van der Waals surface area (Å²) in [6.07, 6.45) is -0.971. The summed E-state index contributed by atoms with van der Waals surface area (Å²) in [7, 11) is -2.52. The number of aromatic hydroxyl groups is 1. The highest BCUT2D eigenvalue weighted by atomic mass is 32.2. The van der Waals surface area contributed by atoms with E-state index in [4.69, 9.17) is 4.74 Å². The van der Waals surface area contributed by atoms with Gasteiger partial charge in [0.2, 0.25) is 10.0 Å². The first-order valence-corrected chi connectivity index (χ1v) is 14.1. The van der Waals surface area contributed by atoms with Gasteiger partial charge in [0.1, 0.15) is 23.0 Å². The molecule has 0 radical (unpaired) electrons. The molecule has 0 saturated heterocycles. The zero-order valence-corrected chi connectivity index (χ0v) is 22.4. The van der Waals surface area contributed by atoms with Gasteiger partial charge in [-0.1, -0.05) is 54.6 Å². The fraction of sp³-hybridized carbons (Fsp3) is 0.200. The molecule has 4 N–H and O–H groups in total. The summed E-state index contributed by atoms with van der Waals surface area (Å²) in [4.78, 5) is 3.16. The molecule has 0 spiro atoms. The Labute approximate surface area is 227 Å². The van der Waals surface area contributed by atoms with Gasteiger partial charge in [0.15, 0.2) is 0 Å². The Kier molecular flexibility index (Phi) is 7.85. The molecule has 5 aromatic rings. The fourth-order valence-electron chi connectivity index (χ4n) is 4.56. The predicted octanol–water partition coefficient (Wildman–Crippen LogP) is 4.55. The van der Waals surface area contributed by atoms with Gasteiger partial charge in [-0.2, -0.15) is 4.31 Å². The molecule has 4 aromatic carbocycles. The van der Waals surface area contributed by atoms with Crippen molar-refractivity contribution in [1.29, 1.82) is 0 Å². The molecule has 0 amide bonds. The molecule has 0 saturated carbocycles. The number of sulfonamides is 1. The highest BCUT2D eigenvalue weighted by Crippen LogP contribution is 2.30. The quantitative estimate of drug-likeness (QED) is 0.181. The minimum atomic E-state index is -3.98. The van der Waals surface area contributed by atoms with Crippen LogP contribution in [-0.4, -0.2) is 54.7 Å². The summed E-state index contributed by atoms with van der Waals surface area (Å²) >= 11 is 0. The van der Waals surface area contributed by atoms with Gasteiger partial charge in [-0.3, -0.25) is 0 Å². The summed E-state index contributed by atoms with van der Waals surface area (Å²) in [6, 6.07) is 27.4. The van der Waals surface area contributed by atoms with Gasteiger partial charge >= 0.3 is 0 Å². The van der Waals surface area contributed by atoms with Crippen molar-refractivity contribution in [2.45, 2.75) is 17.5 Å². The molecule has 0 aliphatic heterocycles. The van der Waals surface area contributed by atoms with Crippen LogP contribution in [0, 0.1) is 0 Å². The summed E-state index contributed by atoms with van der Waals surface area (Å²) in [6.45, 7) is 1.21. The van der Waals surface area contributed by atoms with E-state index in [1.807, 2.05) is 66.7 Å². The first-order valence-electron chi connectivity index (χ1n) is 12.7. The van der Waals surface area contributed by atoms with E-state index in [9.17, 15) is 18.6 Å². The van der Waals surface area contributed by atoms with Crippen molar-refractivity contribution in [2.24, 2.45) is 0 Å². The Morgan fingerprint density at radius 3 is 2.49 bits per heavy atom. The number of aromatic amines is 1. The predicted molar refractivity (Wildman–Crippen MR) is 152 cm³/mol. The van der Waals surface area contributed by atoms with Crippen molar-refractivity contribution in [1.82, 2.24) is 14.6 Å². The minimum absolute atomic E-state index is 0.157. The van der Waals surface area contributed by atoms with Crippen LogP contribution in [0.25, 0.3) is 21.8 Å². The number of aromatic nitrogens is 1. The van der Waals surface area contributed by atoms with E-state index in [0.717, 1.165) is 27.7 Å². The Bertz CT molecular complexity index is 1690. The lowest BCUT2D eigenvalue weighted by Crippen LogP contribution is -2.28. The van der Waals surface area contributed by atoms with Gasteiger partial charge in [0, 0.05) is 49.0 Å². The van der Waals surface area contributed by atoms with E-state index in [1.54, 1.807) is 0 Å². The Balaban J connectivity index is 1.16. The number of benzene rings is 4. The van der Waals surface area contributed by atoms with Crippen molar-refractivity contribution in [3.05, 3.63) is 102 Å². The van der Waals surface area contributed by atoms with Crippen LogP contribution in [0.1, 0.15) is 17.2 Å². The van der Waals surface area contributed by atoms with Crippen LogP contribution in [0.4, 0.5) is 0 Å².